The fraction of sp³-hybridized carbons (Fsp3) is 0.538. The Morgan fingerprint density at radius 2 is 1.79 bits per heavy atom. The number of rotatable bonds is 8. The Morgan fingerprint density at radius 1 is 1.11 bits per heavy atom. The van der Waals surface area contributed by atoms with E-state index in [9.17, 15) is 5.11 Å². The van der Waals surface area contributed by atoms with E-state index >= 15 is 0 Å². The molecule has 0 aliphatic heterocycles. The highest BCUT2D eigenvalue weighted by atomic mass is 16.5. The first-order valence-electron chi connectivity index (χ1n) is 5.91. The van der Waals surface area contributed by atoms with Gasteiger partial charge in [0.15, 0.2) is 11.5 Å². The maximum atomic E-state index is 9.32. The third-order valence-corrected chi connectivity index (χ3v) is 2.63. The molecule has 108 valence electrons. The van der Waals surface area contributed by atoms with E-state index in [0.717, 1.165) is 5.56 Å². The number of nitrogens with two attached hydrogens (primary N) is 1. The molecular formula is C13H21NO5. The highest BCUT2D eigenvalue weighted by Crippen LogP contribution is 2.39. The number of aliphatic hydroxyl groups is 1. The molecule has 0 radical (unpaired) electrons. The lowest BCUT2D eigenvalue weighted by molar-refractivity contribution is 0.0321. The first-order chi connectivity index (χ1) is 9.17. The van der Waals surface area contributed by atoms with Crippen LogP contribution in [0, 0.1) is 0 Å². The van der Waals surface area contributed by atoms with Gasteiger partial charge in [-0.05, 0) is 12.1 Å². The van der Waals surface area contributed by atoms with Crippen LogP contribution >= 0.6 is 0 Å². The molecule has 0 saturated carbocycles. The molecule has 0 aliphatic rings. The normalized spacial score (nSPS) is 12.1. The van der Waals surface area contributed by atoms with Gasteiger partial charge in [0, 0.05) is 12.1 Å². The predicted molar refractivity (Wildman–Crippen MR) is 70.8 cm³/mol. The van der Waals surface area contributed by atoms with Gasteiger partial charge in [-0.2, -0.15) is 0 Å². The molecule has 1 aromatic rings. The third-order valence-electron chi connectivity index (χ3n) is 2.63. The summed E-state index contributed by atoms with van der Waals surface area (Å²) in [4.78, 5) is 0. The minimum Gasteiger partial charge on any atom is -0.493 e. The molecule has 0 fully saturated rings. The van der Waals surface area contributed by atoms with E-state index in [1.807, 2.05) is 6.07 Å². The summed E-state index contributed by atoms with van der Waals surface area (Å²) in [7, 11) is 4.66. The van der Waals surface area contributed by atoms with Crippen molar-refractivity contribution in [3.63, 3.8) is 0 Å². The number of methoxy groups -OCH3 is 3. The van der Waals surface area contributed by atoms with Gasteiger partial charge in [-0.1, -0.05) is 0 Å². The van der Waals surface area contributed by atoms with Crippen molar-refractivity contribution in [3.05, 3.63) is 17.7 Å². The van der Waals surface area contributed by atoms with Crippen molar-refractivity contribution in [2.24, 2.45) is 5.73 Å². The Labute approximate surface area is 113 Å². The van der Waals surface area contributed by atoms with Crippen LogP contribution in [0.1, 0.15) is 5.56 Å². The van der Waals surface area contributed by atoms with Crippen LogP contribution in [0.4, 0.5) is 0 Å². The summed E-state index contributed by atoms with van der Waals surface area (Å²) in [6.07, 6.45) is -0.661. The topological polar surface area (TPSA) is 83.2 Å². The minimum atomic E-state index is -0.661. The molecule has 1 rings (SSSR count). The van der Waals surface area contributed by atoms with E-state index in [1.165, 1.54) is 0 Å². The van der Waals surface area contributed by atoms with Crippen LogP contribution in [0.2, 0.25) is 0 Å². The van der Waals surface area contributed by atoms with Crippen molar-refractivity contribution >= 4 is 0 Å². The predicted octanol–water partition coefficient (Wildman–Crippen LogP) is 0.549. The lowest BCUT2D eigenvalue weighted by atomic mass is 10.2. The summed E-state index contributed by atoms with van der Waals surface area (Å²) in [5, 5.41) is 9.32. The fourth-order valence-electron chi connectivity index (χ4n) is 1.65. The van der Waals surface area contributed by atoms with Gasteiger partial charge in [-0.25, -0.2) is 0 Å². The maximum absolute atomic E-state index is 9.32. The number of aliphatic hydroxyl groups excluding tert-OH is 1. The Morgan fingerprint density at radius 3 is 2.32 bits per heavy atom. The van der Waals surface area contributed by atoms with Crippen LogP contribution in [0.5, 0.6) is 17.2 Å². The molecule has 0 saturated heterocycles. The summed E-state index contributed by atoms with van der Waals surface area (Å²) in [6.45, 7) is 0.637. The first-order valence-corrected chi connectivity index (χ1v) is 5.91. The van der Waals surface area contributed by atoms with E-state index in [4.69, 9.17) is 24.7 Å². The fourth-order valence-corrected chi connectivity index (χ4v) is 1.65. The summed E-state index contributed by atoms with van der Waals surface area (Å²) >= 11 is 0. The van der Waals surface area contributed by atoms with Gasteiger partial charge in [0.05, 0.1) is 40.6 Å². The molecule has 3 N–H and O–H groups in total. The Bertz CT molecular complexity index is 397. The molecule has 1 atom stereocenters. The molecule has 0 heterocycles. The second-order valence-electron chi connectivity index (χ2n) is 3.90. The van der Waals surface area contributed by atoms with Gasteiger partial charge < -0.3 is 29.8 Å². The molecule has 0 bridgehead atoms. The Hall–Kier alpha value is -1.50. The average Bonchev–Trinajstić information content (AvgIpc) is 2.45. The summed E-state index contributed by atoms with van der Waals surface area (Å²) in [5.74, 6) is 1.67. The standard InChI is InChI=1S/C13H21NO5/c1-16-11-5-4-9(7-19-8-10(15)6-14)12(17-2)13(11)18-3/h4-5,10,15H,6-8,14H2,1-3H3/t10-/m1/s1. The molecular weight excluding hydrogens is 250 g/mol. The van der Waals surface area contributed by atoms with Gasteiger partial charge in [-0.15, -0.1) is 0 Å². The smallest absolute Gasteiger partial charge is 0.203 e. The first kappa shape index (κ1) is 15.6. The van der Waals surface area contributed by atoms with Crippen LogP contribution in [0.15, 0.2) is 12.1 Å². The molecule has 0 aromatic heterocycles. The summed E-state index contributed by atoms with van der Waals surface area (Å²) in [5.41, 5.74) is 6.11. The molecule has 19 heavy (non-hydrogen) atoms. The van der Waals surface area contributed by atoms with E-state index in [2.05, 4.69) is 0 Å². The van der Waals surface area contributed by atoms with Crippen LogP contribution in [0.25, 0.3) is 0 Å². The van der Waals surface area contributed by atoms with Crippen LogP contribution in [-0.4, -0.2) is 45.7 Å². The van der Waals surface area contributed by atoms with Gasteiger partial charge in [0.1, 0.15) is 0 Å². The number of hydrogen-bond donors (Lipinski definition) is 2. The zero-order valence-electron chi connectivity index (χ0n) is 11.5. The Kier molecular flexibility index (Phi) is 6.41. The monoisotopic (exact) mass is 271 g/mol. The van der Waals surface area contributed by atoms with Gasteiger partial charge in [-0.3, -0.25) is 0 Å². The van der Waals surface area contributed by atoms with Crippen molar-refractivity contribution in [2.45, 2.75) is 12.7 Å². The maximum Gasteiger partial charge on any atom is 0.203 e. The van der Waals surface area contributed by atoms with Gasteiger partial charge in [0.25, 0.3) is 0 Å². The van der Waals surface area contributed by atoms with E-state index in [0.29, 0.717) is 23.9 Å². The molecule has 6 nitrogen and oxygen atoms in total. The summed E-state index contributed by atoms with van der Waals surface area (Å²) < 4.78 is 21.2. The average molecular weight is 271 g/mol. The van der Waals surface area contributed by atoms with Crippen LogP contribution < -0.4 is 19.9 Å². The molecule has 0 aliphatic carbocycles. The second kappa shape index (κ2) is 7.83. The quantitative estimate of drug-likeness (QED) is 0.718. The number of benzene rings is 1. The highest BCUT2D eigenvalue weighted by Gasteiger charge is 2.15. The van der Waals surface area contributed by atoms with Gasteiger partial charge >= 0.3 is 0 Å². The third kappa shape index (κ3) is 3.99. The van der Waals surface area contributed by atoms with Crippen molar-refractivity contribution in [1.82, 2.24) is 0 Å². The van der Waals surface area contributed by atoms with Crippen molar-refractivity contribution in [3.8, 4) is 17.2 Å². The van der Waals surface area contributed by atoms with Crippen molar-refractivity contribution < 1.29 is 24.1 Å². The van der Waals surface area contributed by atoms with Gasteiger partial charge in [0.2, 0.25) is 5.75 Å². The van der Waals surface area contributed by atoms with Crippen LogP contribution in [0.3, 0.4) is 0 Å². The second-order valence-corrected chi connectivity index (χ2v) is 3.90. The summed E-state index contributed by atoms with van der Waals surface area (Å²) in [6, 6.07) is 3.61. The van der Waals surface area contributed by atoms with E-state index in [1.54, 1.807) is 27.4 Å². The lowest BCUT2D eigenvalue weighted by Crippen LogP contribution is -2.25. The molecule has 0 amide bonds. The zero-order valence-corrected chi connectivity index (χ0v) is 11.5. The van der Waals surface area contributed by atoms with Crippen LogP contribution in [-0.2, 0) is 11.3 Å². The Balaban J connectivity index is 2.83. The lowest BCUT2D eigenvalue weighted by Gasteiger charge is -2.16. The number of hydrogen-bond acceptors (Lipinski definition) is 6. The molecule has 1 aromatic carbocycles. The minimum absolute atomic E-state index is 0.170. The number of ether oxygens (including phenoxy) is 4. The SMILES string of the molecule is COc1ccc(COC[C@H](O)CN)c(OC)c1OC. The molecule has 0 unspecified atom stereocenters. The van der Waals surface area contributed by atoms with E-state index < -0.39 is 6.10 Å². The molecule has 0 spiro atoms. The van der Waals surface area contributed by atoms with Crippen molar-refractivity contribution in [2.75, 3.05) is 34.5 Å². The zero-order chi connectivity index (χ0) is 14.3. The molecule has 6 heteroatoms. The van der Waals surface area contributed by atoms with E-state index in [-0.39, 0.29) is 13.2 Å². The van der Waals surface area contributed by atoms with Crippen molar-refractivity contribution in [1.29, 1.82) is 0 Å². The highest BCUT2D eigenvalue weighted by molar-refractivity contribution is 5.55. The largest absolute Gasteiger partial charge is 0.493 e.